The molecule has 188 valence electrons. The second kappa shape index (κ2) is 12.0. The zero-order chi connectivity index (χ0) is 26.1. The van der Waals surface area contributed by atoms with Crippen LogP contribution in [0.5, 0.6) is 11.5 Å². The predicted octanol–water partition coefficient (Wildman–Crippen LogP) is 4.30. The summed E-state index contributed by atoms with van der Waals surface area (Å²) in [5.41, 5.74) is 5.87. The Hall–Kier alpha value is -4.11. The van der Waals surface area contributed by atoms with Crippen LogP contribution >= 0.6 is 0 Å². The highest BCUT2D eigenvalue weighted by molar-refractivity contribution is 7.92. The lowest BCUT2D eigenvalue weighted by molar-refractivity contribution is 0.0955. The second-order valence-corrected chi connectivity index (χ2v) is 9.86. The van der Waals surface area contributed by atoms with E-state index >= 15 is 0 Å². The topological polar surface area (TPSA) is 97.3 Å². The summed E-state index contributed by atoms with van der Waals surface area (Å²) in [7, 11) is -2.00. The average Bonchev–Trinajstić information content (AvgIpc) is 2.86. The van der Waals surface area contributed by atoms with Gasteiger partial charge >= 0.3 is 0 Å². The van der Waals surface area contributed by atoms with E-state index < -0.39 is 15.9 Å². The number of methoxy groups -OCH3 is 1. The van der Waals surface area contributed by atoms with E-state index in [0.717, 1.165) is 17.4 Å². The van der Waals surface area contributed by atoms with Gasteiger partial charge in [-0.15, -0.1) is 0 Å². The third kappa shape index (κ3) is 6.96. The normalized spacial score (nSPS) is 11.2. The third-order valence-electron chi connectivity index (χ3n) is 5.32. The highest BCUT2D eigenvalue weighted by Gasteiger charge is 2.19. The number of nitrogens with zero attached hydrogens (tertiary/aromatic N) is 2. The zero-order valence-corrected chi connectivity index (χ0v) is 21.3. The first-order chi connectivity index (χ1) is 17.2. The standard InChI is InChI=1S/C27H29N3O5S/c1-5-16-35-25-15-10-21(17-26(25)34-3)18-28-29-27(31)22-11-13-24(14-12-22)30(36(4,32)33)19-23-9-7-6-8-20(23)2/h5-15,17-18H,1,16,19H2,2-4H3,(H,29,31)/b28-18-. The van der Waals surface area contributed by atoms with Crippen LogP contribution in [0.3, 0.4) is 0 Å². The number of ether oxygens (including phenoxy) is 2. The van der Waals surface area contributed by atoms with Crippen LogP contribution in [-0.4, -0.2) is 40.5 Å². The van der Waals surface area contributed by atoms with E-state index in [1.165, 1.54) is 17.6 Å². The monoisotopic (exact) mass is 507 g/mol. The van der Waals surface area contributed by atoms with Crippen LogP contribution in [0.15, 0.2) is 84.5 Å². The van der Waals surface area contributed by atoms with Gasteiger partial charge in [0.05, 0.1) is 31.8 Å². The summed E-state index contributed by atoms with van der Waals surface area (Å²) in [6.45, 7) is 6.10. The molecule has 36 heavy (non-hydrogen) atoms. The number of anilines is 1. The van der Waals surface area contributed by atoms with E-state index in [2.05, 4.69) is 17.1 Å². The number of carbonyl (C=O) groups is 1. The number of nitrogens with one attached hydrogen (secondary N) is 1. The summed E-state index contributed by atoms with van der Waals surface area (Å²) in [6, 6.07) is 19.2. The SMILES string of the molecule is C=CCOc1ccc(/C=N\NC(=O)c2ccc(N(Cc3ccccc3C)S(C)(=O)=O)cc2)cc1OC. The van der Waals surface area contributed by atoms with Gasteiger partial charge in [-0.1, -0.05) is 36.9 Å². The zero-order valence-electron chi connectivity index (χ0n) is 20.5. The molecule has 8 nitrogen and oxygen atoms in total. The Morgan fingerprint density at radius 3 is 2.44 bits per heavy atom. The molecule has 0 fully saturated rings. The highest BCUT2D eigenvalue weighted by atomic mass is 32.2. The number of benzene rings is 3. The first-order valence-corrected chi connectivity index (χ1v) is 12.9. The predicted molar refractivity (Wildman–Crippen MR) is 142 cm³/mol. The van der Waals surface area contributed by atoms with E-state index in [1.807, 2.05) is 31.2 Å². The molecule has 3 aromatic carbocycles. The molecule has 9 heteroatoms. The summed E-state index contributed by atoms with van der Waals surface area (Å²) in [6.07, 6.45) is 4.28. The molecule has 0 atom stereocenters. The number of hydrazone groups is 1. The molecule has 1 N–H and O–H groups in total. The minimum Gasteiger partial charge on any atom is -0.493 e. The molecular formula is C27H29N3O5S. The molecule has 0 aliphatic rings. The minimum absolute atomic E-state index is 0.197. The fourth-order valence-corrected chi connectivity index (χ4v) is 4.26. The number of rotatable bonds is 11. The molecule has 0 radical (unpaired) electrons. The van der Waals surface area contributed by atoms with Crippen molar-refractivity contribution in [2.24, 2.45) is 5.10 Å². The van der Waals surface area contributed by atoms with Crippen molar-refractivity contribution in [2.75, 3.05) is 24.3 Å². The Bertz CT molecular complexity index is 1350. The van der Waals surface area contributed by atoms with E-state index in [9.17, 15) is 13.2 Å². The van der Waals surface area contributed by atoms with Crippen molar-refractivity contribution in [1.82, 2.24) is 5.43 Å². The summed E-state index contributed by atoms with van der Waals surface area (Å²) in [5, 5.41) is 4.00. The second-order valence-electron chi connectivity index (χ2n) is 7.95. The Kier molecular flexibility index (Phi) is 8.86. The van der Waals surface area contributed by atoms with Crippen molar-refractivity contribution in [1.29, 1.82) is 0 Å². The van der Waals surface area contributed by atoms with Gasteiger partial charge in [-0.2, -0.15) is 5.10 Å². The Balaban J connectivity index is 1.69. The lowest BCUT2D eigenvalue weighted by Crippen LogP contribution is -2.29. The number of hydrogen-bond donors (Lipinski definition) is 1. The minimum atomic E-state index is -3.54. The molecule has 0 aliphatic carbocycles. The molecular weight excluding hydrogens is 478 g/mol. The van der Waals surface area contributed by atoms with E-state index in [1.54, 1.807) is 48.5 Å². The summed E-state index contributed by atoms with van der Waals surface area (Å²) in [5.74, 6) is 0.675. The number of amides is 1. The molecule has 0 bridgehead atoms. The van der Waals surface area contributed by atoms with E-state index in [4.69, 9.17) is 9.47 Å². The van der Waals surface area contributed by atoms with Crippen LogP contribution in [0.1, 0.15) is 27.0 Å². The van der Waals surface area contributed by atoms with Crippen molar-refractivity contribution in [3.8, 4) is 11.5 Å². The molecule has 0 aromatic heterocycles. The molecule has 3 aromatic rings. The Morgan fingerprint density at radius 1 is 1.08 bits per heavy atom. The first-order valence-electron chi connectivity index (χ1n) is 11.1. The van der Waals surface area contributed by atoms with Gasteiger partial charge in [-0.05, 0) is 66.1 Å². The molecule has 0 heterocycles. The maximum Gasteiger partial charge on any atom is 0.271 e. The van der Waals surface area contributed by atoms with E-state index in [-0.39, 0.29) is 6.54 Å². The lowest BCUT2D eigenvalue weighted by Gasteiger charge is -2.23. The van der Waals surface area contributed by atoms with Crippen LogP contribution < -0.4 is 19.2 Å². The third-order valence-corrected chi connectivity index (χ3v) is 6.46. The highest BCUT2D eigenvalue weighted by Crippen LogP contribution is 2.27. The molecule has 0 spiro atoms. The van der Waals surface area contributed by atoms with Gasteiger partial charge in [0.25, 0.3) is 5.91 Å². The van der Waals surface area contributed by atoms with Gasteiger partial charge in [-0.3, -0.25) is 9.10 Å². The van der Waals surface area contributed by atoms with Gasteiger partial charge in [-0.25, -0.2) is 13.8 Å². The summed E-state index contributed by atoms with van der Waals surface area (Å²) >= 11 is 0. The molecule has 0 unspecified atom stereocenters. The number of hydrogen-bond acceptors (Lipinski definition) is 6. The van der Waals surface area contributed by atoms with Gasteiger partial charge in [0.1, 0.15) is 6.61 Å². The molecule has 0 aliphatic heterocycles. The lowest BCUT2D eigenvalue weighted by atomic mass is 10.1. The van der Waals surface area contributed by atoms with Gasteiger partial charge in [0.2, 0.25) is 10.0 Å². The maximum absolute atomic E-state index is 12.5. The fourth-order valence-electron chi connectivity index (χ4n) is 3.38. The van der Waals surface area contributed by atoms with Crippen molar-refractivity contribution in [3.05, 3.63) is 102 Å². The van der Waals surface area contributed by atoms with Crippen molar-refractivity contribution in [2.45, 2.75) is 13.5 Å². The van der Waals surface area contributed by atoms with E-state index in [0.29, 0.717) is 34.9 Å². The number of carbonyl (C=O) groups excluding carboxylic acids is 1. The van der Waals surface area contributed by atoms with Crippen LogP contribution in [0.2, 0.25) is 0 Å². The van der Waals surface area contributed by atoms with Crippen molar-refractivity contribution >= 4 is 27.8 Å². The largest absolute Gasteiger partial charge is 0.493 e. The van der Waals surface area contributed by atoms with Crippen molar-refractivity contribution in [3.63, 3.8) is 0 Å². The van der Waals surface area contributed by atoms with Crippen molar-refractivity contribution < 1.29 is 22.7 Å². The van der Waals surface area contributed by atoms with Gasteiger partial charge in [0, 0.05) is 5.56 Å². The number of aryl methyl sites for hydroxylation is 1. The van der Waals surface area contributed by atoms with Crippen LogP contribution in [-0.2, 0) is 16.6 Å². The van der Waals surface area contributed by atoms with Crippen LogP contribution in [0, 0.1) is 6.92 Å². The maximum atomic E-state index is 12.5. The quantitative estimate of drug-likeness (QED) is 0.237. The van der Waals surface area contributed by atoms with Crippen LogP contribution in [0.25, 0.3) is 0 Å². The summed E-state index contributed by atoms with van der Waals surface area (Å²) in [4.78, 5) is 12.5. The molecule has 0 saturated heterocycles. The Labute approximate surface area is 211 Å². The molecule has 0 saturated carbocycles. The smallest absolute Gasteiger partial charge is 0.271 e. The Morgan fingerprint density at radius 2 is 1.81 bits per heavy atom. The number of sulfonamides is 1. The van der Waals surface area contributed by atoms with Gasteiger partial charge < -0.3 is 9.47 Å². The van der Waals surface area contributed by atoms with Gasteiger partial charge in [0.15, 0.2) is 11.5 Å². The molecule has 3 rings (SSSR count). The summed E-state index contributed by atoms with van der Waals surface area (Å²) < 4.78 is 37.1. The average molecular weight is 508 g/mol. The first kappa shape index (κ1) is 26.5. The molecule has 1 amide bonds. The fraction of sp³-hybridized carbons (Fsp3) is 0.185. The van der Waals surface area contributed by atoms with Crippen LogP contribution in [0.4, 0.5) is 5.69 Å².